The van der Waals surface area contributed by atoms with Crippen molar-refractivity contribution in [3.05, 3.63) is 0 Å². The number of halogens is 1. The fourth-order valence-corrected chi connectivity index (χ4v) is 0.263. The summed E-state index contributed by atoms with van der Waals surface area (Å²) in [4.78, 5) is 19.3. The van der Waals surface area contributed by atoms with Crippen molar-refractivity contribution in [2.75, 3.05) is 0 Å². The van der Waals surface area contributed by atoms with Gasteiger partial charge in [-0.1, -0.05) is 0 Å². The maximum Gasteiger partial charge on any atom is 2.00 e. The SMILES string of the molecule is Cl.N[C@H](CC(=O)[O-])C(=O)[O-].[Mg+2]. The fourth-order valence-electron chi connectivity index (χ4n) is 0.263. The fraction of sp³-hybridized carbons (Fsp3) is 0.500. The van der Waals surface area contributed by atoms with Gasteiger partial charge in [0, 0.05) is 18.4 Å². The van der Waals surface area contributed by atoms with E-state index in [1.54, 1.807) is 0 Å². The summed E-state index contributed by atoms with van der Waals surface area (Å²) in [6.45, 7) is 0. The summed E-state index contributed by atoms with van der Waals surface area (Å²) in [5, 5.41) is 19.3. The van der Waals surface area contributed by atoms with Crippen molar-refractivity contribution in [1.82, 2.24) is 0 Å². The van der Waals surface area contributed by atoms with E-state index in [9.17, 15) is 19.8 Å². The van der Waals surface area contributed by atoms with Gasteiger partial charge in [0.25, 0.3) is 0 Å². The van der Waals surface area contributed by atoms with Crippen molar-refractivity contribution in [1.29, 1.82) is 0 Å². The molecule has 0 saturated heterocycles. The third kappa shape index (κ3) is 9.96. The first-order chi connectivity index (χ1) is 4.04. The second-order valence-electron chi connectivity index (χ2n) is 1.50. The standard InChI is InChI=1S/C4H7NO4.ClH.Mg/c5-2(4(8)9)1-3(6)7;;/h2H,1,5H2,(H,6,7)(H,8,9);1H;/q;;+2/p-2/t2-;;/m1../s1. The van der Waals surface area contributed by atoms with Gasteiger partial charge in [0.1, 0.15) is 0 Å². The van der Waals surface area contributed by atoms with E-state index in [0.717, 1.165) is 0 Å². The first kappa shape index (κ1) is 17.2. The van der Waals surface area contributed by atoms with Crippen molar-refractivity contribution in [3.8, 4) is 0 Å². The van der Waals surface area contributed by atoms with E-state index >= 15 is 0 Å². The van der Waals surface area contributed by atoms with Gasteiger partial charge in [-0.3, -0.25) is 0 Å². The molecule has 0 spiro atoms. The van der Waals surface area contributed by atoms with Crippen molar-refractivity contribution in [2.24, 2.45) is 5.73 Å². The topological polar surface area (TPSA) is 106 Å². The van der Waals surface area contributed by atoms with Gasteiger partial charge in [-0.25, -0.2) is 0 Å². The summed E-state index contributed by atoms with van der Waals surface area (Å²) < 4.78 is 0. The Labute approximate surface area is 85.5 Å². The van der Waals surface area contributed by atoms with E-state index in [0.29, 0.717) is 0 Å². The van der Waals surface area contributed by atoms with Crippen LogP contribution in [0.3, 0.4) is 0 Å². The van der Waals surface area contributed by atoms with Crippen LogP contribution in [0.4, 0.5) is 0 Å². The molecule has 0 aromatic heterocycles. The maximum absolute atomic E-state index is 9.71. The number of aliphatic carboxylic acids is 2. The molecule has 5 nitrogen and oxygen atoms in total. The van der Waals surface area contributed by atoms with Crippen LogP contribution in [-0.4, -0.2) is 41.0 Å². The minimum Gasteiger partial charge on any atom is -0.550 e. The number of carbonyl (C=O) groups is 2. The zero-order valence-corrected chi connectivity index (χ0v) is 7.84. The second kappa shape index (κ2) is 8.06. The van der Waals surface area contributed by atoms with Crippen molar-refractivity contribution in [2.45, 2.75) is 12.5 Å². The normalized spacial score (nSPS) is 10.3. The van der Waals surface area contributed by atoms with Crippen LogP contribution in [0.25, 0.3) is 0 Å². The molecule has 1 atom stereocenters. The van der Waals surface area contributed by atoms with Crippen LogP contribution < -0.4 is 15.9 Å². The van der Waals surface area contributed by atoms with E-state index in [1.165, 1.54) is 0 Å². The molecule has 11 heavy (non-hydrogen) atoms. The molecule has 0 radical (unpaired) electrons. The molecule has 2 N–H and O–H groups in total. The molecule has 0 fully saturated rings. The Balaban J connectivity index is -0.000000320. The van der Waals surface area contributed by atoms with Crippen LogP contribution >= 0.6 is 12.4 Å². The molecular weight excluding hydrogens is 186 g/mol. The first-order valence-corrected chi connectivity index (χ1v) is 2.20. The summed E-state index contributed by atoms with van der Waals surface area (Å²) >= 11 is 0. The summed E-state index contributed by atoms with van der Waals surface area (Å²) in [5.41, 5.74) is 4.73. The van der Waals surface area contributed by atoms with E-state index in [2.05, 4.69) is 0 Å². The Morgan fingerprint density at radius 3 is 1.82 bits per heavy atom. The molecule has 0 bridgehead atoms. The van der Waals surface area contributed by atoms with Crippen molar-refractivity contribution < 1.29 is 19.8 Å². The Kier molecular flexibility index (Phi) is 12.6. The summed E-state index contributed by atoms with van der Waals surface area (Å²) in [5.74, 6) is -3.08. The van der Waals surface area contributed by atoms with Gasteiger partial charge < -0.3 is 25.5 Å². The monoisotopic (exact) mass is 191 g/mol. The molecule has 60 valence electrons. The molecule has 0 aliphatic heterocycles. The van der Waals surface area contributed by atoms with Crippen LogP contribution in [0.1, 0.15) is 6.42 Å². The van der Waals surface area contributed by atoms with E-state index < -0.39 is 24.4 Å². The molecular formula is C4H6ClMgNO4. The average molecular weight is 192 g/mol. The largest absolute Gasteiger partial charge is 2.00 e. The Bertz CT molecular complexity index is 142. The Hall–Kier alpha value is -0.0438. The number of hydrogen-bond acceptors (Lipinski definition) is 5. The van der Waals surface area contributed by atoms with Gasteiger partial charge in [0.05, 0.1) is 5.97 Å². The van der Waals surface area contributed by atoms with Gasteiger partial charge in [-0.05, 0) is 0 Å². The predicted octanol–water partition coefficient (Wildman–Crippen LogP) is -3.76. The third-order valence-corrected chi connectivity index (χ3v) is 0.689. The number of hydrogen-bond donors (Lipinski definition) is 1. The molecule has 0 saturated carbocycles. The molecule has 0 rings (SSSR count). The van der Waals surface area contributed by atoms with Gasteiger partial charge >= 0.3 is 23.1 Å². The van der Waals surface area contributed by atoms with E-state index in [4.69, 9.17) is 5.73 Å². The second-order valence-corrected chi connectivity index (χ2v) is 1.50. The Morgan fingerprint density at radius 2 is 1.73 bits per heavy atom. The quantitative estimate of drug-likeness (QED) is 0.462. The summed E-state index contributed by atoms with van der Waals surface area (Å²) in [7, 11) is 0. The van der Waals surface area contributed by atoms with Crippen molar-refractivity contribution >= 4 is 47.4 Å². The molecule has 0 aromatic carbocycles. The molecule has 0 aromatic rings. The van der Waals surface area contributed by atoms with Crippen molar-refractivity contribution in [3.63, 3.8) is 0 Å². The number of rotatable bonds is 3. The Morgan fingerprint density at radius 1 is 1.36 bits per heavy atom. The van der Waals surface area contributed by atoms with Gasteiger partial charge in [-0.2, -0.15) is 0 Å². The van der Waals surface area contributed by atoms with Crippen LogP contribution in [0, 0.1) is 0 Å². The van der Waals surface area contributed by atoms with Crippen LogP contribution in [0.2, 0.25) is 0 Å². The minimum absolute atomic E-state index is 0. The molecule has 0 aliphatic rings. The third-order valence-electron chi connectivity index (χ3n) is 0.689. The van der Waals surface area contributed by atoms with E-state index in [1.807, 2.05) is 0 Å². The molecule has 0 amide bonds. The molecule has 0 aliphatic carbocycles. The minimum atomic E-state index is -1.58. The predicted molar refractivity (Wildman–Crippen MR) is 35.6 cm³/mol. The molecule has 0 heterocycles. The number of carbonyl (C=O) groups excluding carboxylic acids is 2. The van der Waals surface area contributed by atoms with E-state index in [-0.39, 0.29) is 35.5 Å². The zero-order chi connectivity index (χ0) is 7.44. The average Bonchev–Trinajstić information content (AvgIpc) is 1.63. The first-order valence-electron chi connectivity index (χ1n) is 2.20. The zero-order valence-electron chi connectivity index (χ0n) is 5.61. The number of carboxylic acid groups (broad SMARTS) is 2. The maximum atomic E-state index is 9.71. The van der Waals surface area contributed by atoms with Crippen LogP contribution in [0.5, 0.6) is 0 Å². The van der Waals surface area contributed by atoms with Gasteiger partial charge in [0.2, 0.25) is 0 Å². The number of carboxylic acids is 2. The summed E-state index contributed by atoms with van der Waals surface area (Å²) in [6, 6.07) is -1.46. The smallest absolute Gasteiger partial charge is 0.550 e. The number of nitrogens with two attached hydrogens (primary N) is 1. The molecule has 0 unspecified atom stereocenters. The summed E-state index contributed by atoms with van der Waals surface area (Å²) in [6.07, 6.45) is -0.706. The van der Waals surface area contributed by atoms with Crippen LogP contribution in [0.15, 0.2) is 0 Å². The molecule has 7 heteroatoms. The van der Waals surface area contributed by atoms with Crippen LogP contribution in [-0.2, 0) is 9.59 Å². The van der Waals surface area contributed by atoms with Gasteiger partial charge in [0.15, 0.2) is 0 Å². The van der Waals surface area contributed by atoms with Gasteiger partial charge in [-0.15, -0.1) is 12.4 Å².